The van der Waals surface area contributed by atoms with E-state index in [1.54, 1.807) is 18.2 Å². The number of aromatic nitrogens is 7. The van der Waals surface area contributed by atoms with Crippen LogP contribution in [0.5, 0.6) is 0 Å². The Morgan fingerprint density at radius 1 is 0.712 bits per heavy atom. The molecule has 0 spiro atoms. The van der Waals surface area contributed by atoms with Gasteiger partial charge in [-0.1, -0.05) is 56.0 Å². The van der Waals surface area contributed by atoms with Crippen molar-refractivity contribution in [3.05, 3.63) is 94.2 Å². The molecular weight excluding hydrogens is 813 g/mol. The highest BCUT2D eigenvalue weighted by Gasteiger charge is 2.29. The molecule has 0 radical (unpaired) electrons. The summed E-state index contributed by atoms with van der Waals surface area (Å²) in [4.78, 5) is 72.4. The van der Waals surface area contributed by atoms with E-state index in [0.29, 0.717) is 14.9 Å². The first-order valence-electron chi connectivity index (χ1n) is 16.5. The van der Waals surface area contributed by atoms with Crippen molar-refractivity contribution in [1.82, 2.24) is 34.9 Å². The molecule has 22 nitrogen and oxygen atoms in total. The van der Waals surface area contributed by atoms with E-state index < -0.39 is 35.3 Å². The van der Waals surface area contributed by atoms with Crippen LogP contribution in [0.1, 0.15) is 78.3 Å². The van der Waals surface area contributed by atoms with Gasteiger partial charge < -0.3 is 41.9 Å². The number of azo groups is 1. The molecule has 0 unspecified atom stereocenters. The Labute approximate surface area is 338 Å². The van der Waals surface area contributed by atoms with Crippen LogP contribution in [0, 0.1) is 0 Å². The zero-order chi connectivity index (χ0) is 42.8. The van der Waals surface area contributed by atoms with Crippen molar-refractivity contribution < 1.29 is 49.5 Å². The van der Waals surface area contributed by atoms with Crippen LogP contribution in [0.4, 0.5) is 39.9 Å². The van der Waals surface area contributed by atoms with E-state index in [4.69, 9.17) is 5.73 Å². The molecule has 3 aromatic heterocycles. The fourth-order valence-electron chi connectivity index (χ4n) is 5.11. The minimum Gasteiger partial charge on any atom is -0.478 e. The maximum absolute atomic E-state index is 11.8. The van der Waals surface area contributed by atoms with E-state index in [1.807, 2.05) is 20.8 Å². The quantitative estimate of drug-likeness (QED) is 0.0555. The van der Waals surface area contributed by atoms with E-state index in [9.17, 15) is 49.5 Å². The van der Waals surface area contributed by atoms with Gasteiger partial charge in [0.05, 0.1) is 33.5 Å². The second-order valence-corrected chi connectivity index (χ2v) is 15.3. The summed E-state index contributed by atoms with van der Waals surface area (Å²) in [6.45, 7) is 5.45. The normalized spacial score (nSPS) is 11.4. The molecule has 300 valence electrons. The summed E-state index contributed by atoms with van der Waals surface area (Å²) in [6.07, 6.45) is 0. The number of nitrogens with zero attached hydrogens (tertiary/aromatic N) is 9. The number of aromatic carboxylic acids is 5. The third kappa shape index (κ3) is 9.41. The monoisotopic (exact) mass is 840 g/mol. The Balaban J connectivity index is 1.44. The summed E-state index contributed by atoms with van der Waals surface area (Å²) < 4.78 is 1.47. The lowest BCUT2D eigenvalue weighted by molar-refractivity contribution is 0.0676. The van der Waals surface area contributed by atoms with Gasteiger partial charge in [0.2, 0.25) is 11.9 Å². The standard InChI is InChI=1S/C35H28N12O10S2/c1-35(2,3)23-22(42-43-33-44-45-34(59-33)58-21-7-5-4-6-20(21)29(56)57)24(36)47(46-23)32-40-30(37-18-10-14(25(48)49)8-15(11-18)26(50)51)39-31(41-32)38-19-12-16(27(52)53)9-17(13-19)28(54)55/h4-13H,36H2,1-3H3,(H,48,49)(H,50,51)(H,52,53)(H,54,55)(H,56,57)(H2,37,38,39,40,41). The predicted octanol–water partition coefficient (Wildman–Crippen LogP) is 6.33. The van der Waals surface area contributed by atoms with Crippen molar-refractivity contribution in [2.24, 2.45) is 10.2 Å². The van der Waals surface area contributed by atoms with Crippen LogP contribution < -0.4 is 16.4 Å². The van der Waals surface area contributed by atoms with Gasteiger partial charge >= 0.3 is 29.8 Å². The molecule has 24 heteroatoms. The van der Waals surface area contributed by atoms with Crippen LogP contribution in [-0.2, 0) is 5.41 Å². The lowest BCUT2D eigenvalue weighted by Crippen LogP contribution is -2.15. The summed E-state index contributed by atoms with van der Waals surface area (Å²) in [5.74, 6) is -7.86. The van der Waals surface area contributed by atoms with E-state index in [0.717, 1.165) is 64.2 Å². The van der Waals surface area contributed by atoms with Crippen molar-refractivity contribution in [2.75, 3.05) is 16.4 Å². The fraction of sp³-hybridized carbons (Fsp3) is 0.114. The fourth-order valence-corrected chi connectivity index (χ4v) is 6.85. The molecule has 0 saturated heterocycles. The summed E-state index contributed by atoms with van der Waals surface area (Å²) in [7, 11) is 0. The third-order valence-corrected chi connectivity index (χ3v) is 9.67. The lowest BCUT2D eigenvalue weighted by Gasteiger charge is -2.15. The predicted molar refractivity (Wildman–Crippen MR) is 209 cm³/mol. The van der Waals surface area contributed by atoms with E-state index in [2.05, 4.69) is 51.1 Å². The number of carboxylic acid groups (broad SMARTS) is 5. The number of anilines is 5. The SMILES string of the molecule is CC(C)(C)c1nn(-c2nc(Nc3cc(C(=O)O)cc(C(=O)O)c3)nc(Nc3cc(C(=O)O)cc(C(=O)O)c3)n2)c(N)c1N=Nc1nnc(Sc2ccccc2C(=O)O)s1. The number of nitrogens with two attached hydrogens (primary N) is 1. The summed E-state index contributed by atoms with van der Waals surface area (Å²) >= 11 is 2.11. The van der Waals surface area contributed by atoms with Crippen molar-refractivity contribution in [2.45, 2.75) is 35.4 Å². The topological polar surface area (TPSA) is 344 Å². The number of rotatable bonds is 14. The highest BCUT2D eigenvalue weighted by Crippen LogP contribution is 2.39. The zero-order valence-electron chi connectivity index (χ0n) is 30.5. The number of hydrogen-bond donors (Lipinski definition) is 8. The van der Waals surface area contributed by atoms with Gasteiger partial charge in [0, 0.05) is 21.7 Å². The Hall–Kier alpha value is -7.86. The van der Waals surface area contributed by atoms with Crippen LogP contribution in [0.3, 0.4) is 0 Å². The molecule has 0 aliphatic heterocycles. The van der Waals surface area contributed by atoms with Crippen molar-refractivity contribution in [1.29, 1.82) is 0 Å². The van der Waals surface area contributed by atoms with Crippen molar-refractivity contribution in [3.8, 4) is 5.95 Å². The number of carboxylic acids is 5. The largest absolute Gasteiger partial charge is 0.478 e. The third-order valence-electron chi connectivity index (χ3n) is 7.73. The molecule has 6 aromatic rings. The second-order valence-electron chi connectivity index (χ2n) is 13.0. The Kier molecular flexibility index (Phi) is 11.3. The van der Waals surface area contributed by atoms with E-state index in [-0.39, 0.29) is 73.7 Å². The Morgan fingerprint density at radius 2 is 1.22 bits per heavy atom. The van der Waals surface area contributed by atoms with E-state index >= 15 is 0 Å². The summed E-state index contributed by atoms with van der Waals surface area (Å²) in [6, 6.07) is 12.8. The van der Waals surface area contributed by atoms with Crippen molar-refractivity contribution >= 4 is 92.9 Å². The molecule has 3 heterocycles. The van der Waals surface area contributed by atoms with Gasteiger partial charge in [-0.15, -0.1) is 20.4 Å². The number of benzene rings is 3. The molecule has 0 amide bonds. The van der Waals surface area contributed by atoms with Gasteiger partial charge in [-0.2, -0.15) is 24.7 Å². The maximum atomic E-state index is 11.8. The van der Waals surface area contributed by atoms with Crippen LogP contribution in [0.25, 0.3) is 5.95 Å². The maximum Gasteiger partial charge on any atom is 0.336 e. The molecular formula is C35H28N12O10S2. The smallest absolute Gasteiger partial charge is 0.336 e. The van der Waals surface area contributed by atoms with Crippen molar-refractivity contribution in [3.63, 3.8) is 0 Å². The first-order valence-corrected chi connectivity index (χ1v) is 18.2. The van der Waals surface area contributed by atoms with Gasteiger partial charge in [-0.3, -0.25) is 0 Å². The van der Waals surface area contributed by atoms with Gasteiger partial charge in [-0.05, 0) is 48.5 Å². The Morgan fingerprint density at radius 3 is 1.69 bits per heavy atom. The number of hydrogen-bond acceptors (Lipinski definition) is 18. The first-order chi connectivity index (χ1) is 27.9. The van der Waals surface area contributed by atoms with Crippen LogP contribution >= 0.6 is 23.1 Å². The minimum atomic E-state index is -1.42. The Bertz CT molecular complexity index is 2570. The van der Waals surface area contributed by atoms with Gasteiger partial charge in [0.1, 0.15) is 0 Å². The number of nitrogens with one attached hydrogen (secondary N) is 2. The molecule has 9 N–H and O–H groups in total. The molecule has 6 rings (SSSR count). The highest BCUT2D eigenvalue weighted by molar-refractivity contribution is 8.01. The van der Waals surface area contributed by atoms with Gasteiger partial charge in [-0.25, -0.2) is 24.0 Å². The second kappa shape index (κ2) is 16.3. The van der Waals surface area contributed by atoms with Gasteiger partial charge in [0.25, 0.3) is 11.1 Å². The van der Waals surface area contributed by atoms with Crippen LogP contribution in [-0.4, -0.2) is 90.3 Å². The van der Waals surface area contributed by atoms with Gasteiger partial charge in [0.15, 0.2) is 15.8 Å². The molecule has 0 atom stereocenters. The highest BCUT2D eigenvalue weighted by atomic mass is 32.2. The molecule has 0 fully saturated rings. The molecule has 0 aliphatic carbocycles. The number of nitrogen functional groups attached to an aromatic ring is 1. The van der Waals surface area contributed by atoms with Crippen LogP contribution in [0.15, 0.2) is 80.1 Å². The minimum absolute atomic E-state index is 0.0641. The summed E-state index contributed by atoms with van der Waals surface area (Å²) in [5, 5.41) is 74.9. The lowest BCUT2D eigenvalue weighted by atomic mass is 9.91. The first kappa shape index (κ1) is 40.8. The molecule has 59 heavy (non-hydrogen) atoms. The molecule has 0 aliphatic rings. The average Bonchev–Trinajstić information content (AvgIpc) is 3.76. The summed E-state index contributed by atoms with van der Waals surface area (Å²) in [5.41, 5.74) is 4.71. The van der Waals surface area contributed by atoms with Crippen LogP contribution in [0.2, 0.25) is 0 Å². The van der Waals surface area contributed by atoms with E-state index in [1.165, 1.54) is 6.07 Å². The number of carbonyl (C=O) groups is 5. The molecule has 0 saturated carbocycles. The zero-order valence-corrected chi connectivity index (χ0v) is 32.1. The molecule has 3 aromatic carbocycles. The average molecular weight is 841 g/mol. The molecule has 0 bridgehead atoms.